The van der Waals surface area contributed by atoms with Crippen molar-refractivity contribution in [1.82, 2.24) is 0 Å². The van der Waals surface area contributed by atoms with Crippen LogP contribution in [0.1, 0.15) is 18.4 Å². The number of benzene rings is 1. The van der Waals surface area contributed by atoms with Gasteiger partial charge < -0.3 is 5.11 Å². The van der Waals surface area contributed by atoms with E-state index in [2.05, 4.69) is 6.58 Å². The minimum atomic E-state index is -0.955. The summed E-state index contributed by atoms with van der Waals surface area (Å²) in [5, 5.41) is 9.05. The lowest BCUT2D eigenvalue weighted by Crippen LogP contribution is -2.38. The molecule has 4 nitrogen and oxygen atoms in total. The third-order valence-corrected chi connectivity index (χ3v) is 2.90. The monoisotopic (exact) mass is 231 g/mol. The predicted molar refractivity (Wildman–Crippen MR) is 64.7 cm³/mol. The van der Waals surface area contributed by atoms with Crippen molar-refractivity contribution in [3.8, 4) is 0 Å². The Labute approximate surface area is 99.2 Å². The molecule has 1 N–H and O–H groups in total. The van der Waals surface area contributed by atoms with Gasteiger partial charge in [-0.05, 0) is 24.1 Å². The highest BCUT2D eigenvalue weighted by molar-refractivity contribution is 6.02. The Hall–Kier alpha value is -2.10. The predicted octanol–water partition coefficient (Wildman–Crippen LogP) is 1.91. The Bertz CT molecular complexity index is 464. The Morgan fingerprint density at radius 1 is 1.41 bits per heavy atom. The molecule has 17 heavy (non-hydrogen) atoms. The maximum Gasteiger partial charge on any atom is 0.326 e. The Morgan fingerprint density at radius 2 is 2.06 bits per heavy atom. The molecule has 4 heteroatoms. The van der Waals surface area contributed by atoms with Crippen molar-refractivity contribution in [3.63, 3.8) is 0 Å². The Kier molecular flexibility index (Phi) is 2.95. The van der Waals surface area contributed by atoms with Gasteiger partial charge in [0.2, 0.25) is 5.91 Å². The van der Waals surface area contributed by atoms with Crippen molar-refractivity contribution in [2.24, 2.45) is 0 Å². The largest absolute Gasteiger partial charge is 0.480 e. The second-order valence-corrected chi connectivity index (χ2v) is 3.95. The van der Waals surface area contributed by atoms with Crippen LogP contribution in [0.15, 0.2) is 30.8 Å². The highest BCUT2D eigenvalue weighted by Gasteiger charge is 2.36. The molecule has 2 rings (SSSR count). The van der Waals surface area contributed by atoms with Crippen LogP contribution < -0.4 is 4.90 Å². The van der Waals surface area contributed by atoms with Crippen LogP contribution in [0.3, 0.4) is 0 Å². The van der Waals surface area contributed by atoms with E-state index in [-0.39, 0.29) is 5.91 Å². The fraction of sp³-hybridized carbons (Fsp3) is 0.231. The lowest BCUT2D eigenvalue weighted by Gasteiger charge is -2.21. The van der Waals surface area contributed by atoms with Crippen molar-refractivity contribution >= 4 is 23.6 Å². The Balaban J connectivity index is 2.32. The van der Waals surface area contributed by atoms with Crippen molar-refractivity contribution in [1.29, 1.82) is 0 Å². The highest BCUT2D eigenvalue weighted by atomic mass is 16.4. The molecule has 1 atom stereocenters. The lowest BCUT2D eigenvalue weighted by molar-refractivity contribution is -0.138. The van der Waals surface area contributed by atoms with Crippen LogP contribution in [0.2, 0.25) is 0 Å². The van der Waals surface area contributed by atoms with Gasteiger partial charge in [0.15, 0.2) is 0 Å². The fourth-order valence-corrected chi connectivity index (χ4v) is 2.01. The van der Waals surface area contributed by atoms with Gasteiger partial charge in [0, 0.05) is 12.1 Å². The summed E-state index contributed by atoms with van der Waals surface area (Å²) >= 11 is 0. The number of anilines is 1. The first-order valence-electron chi connectivity index (χ1n) is 5.41. The van der Waals surface area contributed by atoms with E-state index in [1.807, 2.05) is 12.1 Å². The third-order valence-electron chi connectivity index (χ3n) is 2.90. The van der Waals surface area contributed by atoms with Crippen molar-refractivity contribution in [2.45, 2.75) is 18.9 Å². The van der Waals surface area contributed by atoms with Crippen LogP contribution in [0.5, 0.6) is 0 Å². The highest BCUT2D eigenvalue weighted by Crippen LogP contribution is 2.27. The number of hydrogen-bond donors (Lipinski definition) is 1. The molecule has 0 spiro atoms. The molecule has 88 valence electrons. The topological polar surface area (TPSA) is 57.6 Å². The minimum Gasteiger partial charge on any atom is -0.480 e. The zero-order valence-corrected chi connectivity index (χ0v) is 9.30. The van der Waals surface area contributed by atoms with E-state index < -0.39 is 12.0 Å². The minimum absolute atomic E-state index is 0.135. The summed E-state index contributed by atoms with van der Waals surface area (Å²) in [5.74, 6) is -1.09. The second kappa shape index (κ2) is 4.41. The van der Waals surface area contributed by atoms with Gasteiger partial charge in [-0.2, -0.15) is 0 Å². The normalized spacial score (nSPS) is 19.4. The van der Waals surface area contributed by atoms with Crippen LogP contribution >= 0.6 is 0 Å². The van der Waals surface area contributed by atoms with Gasteiger partial charge in [0.05, 0.1) is 0 Å². The number of carboxylic acid groups (broad SMARTS) is 1. The summed E-state index contributed by atoms with van der Waals surface area (Å²) in [6.07, 6.45) is 2.36. The van der Waals surface area contributed by atoms with Crippen LogP contribution in [0.25, 0.3) is 6.08 Å². The molecule has 1 fully saturated rings. The molecule has 1 unspecified atom stereocenters. The average molecular weight is 231 g/mol. The molecular formula is C13H13NO3. The number of nitrogens with zero attached hydrogens (tertiary/aromatic N) is 1. The van der Waals surface area contributed by atoms with E-state index in [1.54, 1.807) is 18.2 Å². The summed E-state index contributed by atoms with van der Waals surface area (Å²) in [6, 6.07) is 6.38. The smallest absolute Gasteiger partial charge is 0.326 e. The van der Waals surface area contributed by atoms with Gasteiger partial charge in [0.1, 0.15) is 6.04 Å². The van der Waals surface area contributed by atoms with Crippen LogP contribution in [0.4, 0.5) is 5.69 Å². The standard InChI is InChI=1S/C13H13NO3/c1-2-9-3-5-10(6-4-9)14-11(13(16)17)7-8-12(14)15/h2-6,11H,1,7-8H2,(H,16,17). The van der Waals surface area contributed by atoms with E-state index in [0.29, 0.717) is 18.5 Å². The van der Waals surface area contributed by atoms with Gasteiger partial charge in [0.25, 0.3) is 0 Å². The molecule has 1 aromatic carbocycles. The number of hydrogen-bond acceptors (Lipinski definition) is 2. The summed E-state index contributed by atoms with van der Waals surface area (Å²) < 4.78 is 0. The first-order valence-corrected chi connectivity index (χ1v) is 5.41. The molecule has 1 amide bonds. The third kappa shape index (κ3) is 2.06. The van der Waals surface area contributed by atoms with Gasteiger partial charge in [-0.25, -0.2) is 4.79 Å². The lowest BCUT2D eigenvalue weighted by atomic mass is 10.1. The maximum absolute atomic E-state index is 11.7. The van der Waals surface area contributed by atoms with Crippen molar-refractivity contribution in [2.75, 3.05) is 4.90 Å². The number of carboxylic acids is 1. The van der Waals surface area contributed by atoms with Crippen LogP contribution in [0, 0.1) is 0 Å². The van der Waals surface area contributed by atoms with E-state index in [9.17, 15) is 9.59 Å². The molecule has 0 radical (unpaired) electrons. The molecule has 0 aliphatic carbocycles. The SMILES string of the molecule is C=Cc1ccc(N2C(=O)CCC2C(=O)O)cc1. The molecule has 1 aromatic rings. The van der Waals surface area contributed by atoms with Gasteiger partial charge in [-0.15, -0.1) is 0 Å². The molecule has 0 bridgehead atoms. The van der Waals surface area contributed by atoms with E-state index in [0.717, 1.165) is 5.56 Å². The summed E-state index contributed by atoms with van der Waals surface area (Å²) in [6.45, 7) is 3.64. The molecule has 1 saturated heterocycles. The fourth-order valence-electron chi connectivity index (χ4n) is 2.01. The number of aliphatic carboxylic acids is 1. The van der Waals surface area contributed by atoms with Gasteiger partial charge in [-0.1, -0.05) is 24.8 Å². The zero-order chi connectivity index (χ0) is 12.4. The maximum atomic E-state index is 11.7. The molecule has 1 aliphatic rings. The summed E-state index contributed by atoms with van der Waals surface area (Å²) in [4.78, 5) is 24.1. The number of rotatable bonds is 3. The van der Waals surface area contributed by atoms with E-state index in [4.69, 9.17) is 5.11 Å². The second-order valence-electron chi connectivity index (χ2n) is 3.95. The zero-order valence-electron chi connectivity index (χ0n) is 9.30. The Morgan fingerprint density at radius 3 is 2.59 bits per heavy atom. The first kappa shape index (κ1) is 11.4. The van der Waals surface area contributed by atoms with E-state index in [1.165, 1.54) is 4.90 Å². The van der Waals surface area contributed by atoms with Crippen molar-refractivity contribution < 1.29 is 14.7 Å². The van der Waals surface area contributed by atoms with E-state index >= 15 is 0 Å². The first-order chi connectivity index (χ1) is 8.13. The van der Waals surface area contributed by atoms with Gasteiger partial charge in [-0.3, -0.25) is 9.69 Å². The van der Waals surface area contributed by atoms with Crippen LogP contribution in [-0.4, -0.2) is 23.0 Å². The molecular weight excluding hydrogens is 218 g/mol. The quantitative estimate of drug-likeness (QED) is 0.864. The number of carbonyl (C=O) groups excluding carboxylic acids is 1. The molecule has 1 aliphatic heterocycles. The number of amides is 1. The molecule has 0 saturated carbocycles. The number of carbonyl (C=O) groups is 2. The van der Waals surface area contributed by atoms with Gasteiger partial charge >= 0.3 is 5.97 Å². The van der Waals surface area contributed by atoms with Crippen molar-refractivity contribution in [3.05, 3.63) is 36.4 Å². The van der Waals surface area contributed by atoms with Crippen LogP contribution in [-0.2, 0) is 9.59 Å². The summed E-state index contributed by atoms with van der Waals surface area (Å²) in [7, 11) is 0. The average Bonchev–Trinajstić information content (AvgIpc) is 2.71. The molecule has 1 heterocycles. The molecule has 0 aromatic heterocycles. The summed E-state index contributed by atoms with van der Waals surface area (Å²) in [5.41, 5.74) is 1.57.